The lowest BCUT2D eigenvalue weighted by Gasteiger charge is -2.18. The summed E-state index contributed by atoms with van der Waals surface area (Å²) in [6, 6.07) is 10.7. The van der Waals surface area contributed by atoms with Gasteiger partial charge in [-0.3, -0.25) is 4.79 Å². The number of halogens is 2. The number of amides is 1. The van der Waals surface area contributed by atoms with Crippen LogP contribution in [0.5, 0.6) is 0 Å². The average Bonchev–Trinajstić information content (AvgIpc) is 2.49. The Balaban J connectivity index is 2.13. The van der Waals surface area contributed by atoms with E-state index in [2.05, 4.69) is 0 Å². The van der Waals surface area contributed by atoms with Crippen LogP contribution in [0, 0.1) is 11.6 Å². The number of hydrogen-bond donors (Lipinski definition) is 1. The molecular formula is C16H16F2N2O. The third kappa shape index (κ3) is 3.64. The molecule has 0 unspecified atom stereocenters. The van der Waals surface area contributed by atoms with Gasteiger partial charge in [-0.2, -0.15) is 0 Å². The van der Waals surface area contributed by atoms with Gasteiger partial charge >= 0.3 is 0 Å². The Morgan fingerprint density at radius 1 is 1.10 bits per heavy atom. The van der Waals surface area contributed by atoms with Crippen molar-refractivity contribution >= 4 is 5.91 Å². The van der Waals surface area contributed by atoms with Crippen molar-refractivity contribution in [2.24, 2.45) is 5.73 Å². The molecule has 2 N–H and O–H groups in total. The molecule has 110 valence electrons. The molecule has 0 atom stereocenters. The second kappa shape index (κ2) is 6.45. The topological polar surface area (TPSA) is 46.3 Å². The van der Waals surface area contributed by atoms with E-state index in [1.807, 2.05) is 24.3 Å². The fourth-order valence-electron chi connectivity index (χ4n) is 2.05. The Morgan fingerprint density at radius 3 is 2.48 bits per heavy atom. The Labute approximate surface area is 122 Å². The van der Waals surface area contributed by atoms with Crippen molar-refractivity contribution in [3.63, 3.8) is 0 Å². The van der Waals surface area contributed by atoms with Crippen LogP contribution in [-0.4, -0.2) is 17.9 Å². The molecule has 0 aliphatic rings. The van der Waals surface area contributed by atoms with Crippen LogP contribution in [0.4, 0.5) is 8.78 Å². The molecule has 0 bridgehead atoms. The molecule has 21 heavy (non-hydrogen) atoms. The van der Waals surface area contributed by atoms with E-state index in [0.29, 0.717) is 13.1 Å². The monoisotopic (exact) mass is 290 g/mol. The number of rotatable bonds is 4. The Hall–Kier alpha value is -2.27. The van der Waals surface area contributed by atoms with Crippen molar-refractivity contribution in [1.82, 2.24) is 4.90 Å². The molecule has 0 aliphatic carbocycles. The second-order valence-electron chi connectivity index (χ2n) is 4.81. The number of nitrogens with two attached hydrogens (primary N) is 1. The molecule has 0 saturated heterocycles. The van der Waals surface area contributed by atoms with E-state index in [9.17, 15) is 13.6 Å². The van der Waals surface area contributed by atoms with Crippen LogP contribution < -0.4 is 5.73 Å². The van der Waals surface area contributed by atoms with Crippen LogP contribution >= 0.6 is 0 Å². The summed E-state index contributed by atoms with van der Waals surface area (Å²) >= 11 is 0. The highest BCUT2D eigenvalue weighted by molar-refractivity contribution is 5.94. The first-order chi connectivity index (χ1) is 10.0. The number of carbonyl (C=O) groups is 1. The van der Waals surface area contributed by atoms with E-state index in [1.165, 1.54) is 11.0 Å². The highest BCUT2D eigenvalue weighted by atomic mass is 19.2. The Morgan fingerprint density at radius 2 is 1.81 bits per heavy atom. The zero-order valence-electron chi connectivity index (χ0n) is 11.6. The highest BCUT2D eigenvalue weighted by Gasteiger charge is 2.14. The minimum Gasteiger partial charge on any atom is -0.337 e. The van der Waals surface area contributed by atoms with Gasteiger partial charge in [0, 0.05) is 25.7 Å². The van der Waals surface area contributed by atoms with Crippen molar-refractivity contribution in [2.45, 2.75) is 13.1 Å². The lowest BCUT2D eigenvalue weighted by Crippen LogP contribution is -2.26. The number of carbonyl (C=O) groups excluding carboxylic acids is 1. The van der Waals surface area contributed by atoms with Gasteiger partial charge in [-0.25, -0.2) is 8.78 Å². The zero-order chi connectivity index (χ0) is 15.4. The van der Waals surface area contributed by atoms with E-state index >= 15 is 0 Å². The molecule has 0 radical (unpaired) electrons. The van der Waals surface area contributed by atoms with Crippen LogP contribution in [0.2, 0.25) is 0 Å². The van der Waals surface area contributed by atoms with E-state index < -0.39 is 11.6 Å². The molecule has 2 rings (SSSR count). The lowest BCUT2D eigenvalue weighted by atomic mass is 10.1. The van der Waals surface area contributed by atoms with Crippen LogP contribution in [0.1, 0.15) is 21.5 Å². The smallest absolute Gasteiger partial charge is 0.254 e. The van der Waals surface area contributed by atoms with Crippen molar-refractivity contribution in [2.75, 3.05) is 7.05 Å². The molecule has 5 heteroatoms. The molecule has 0 saturated carbocycles. The van der Waals surface area contributed by atoms with Gasteiger partial charge in [0.1, 0.15) is 0 Å². The summed E-state index contributed by atoms with van der Waals surface area (Å²) < 4.78 is 26.1. The van der Waals surface area contributed by atoms with Gasteiger partial charge in [0.05, 0.1) is 0 Å². The molecule has 0 spiro atoms. The Bertz CT molecular complexity index is 658. The van der Waals surface area contributed by atoms with E-state index in [0.717, 1.165) is 23.3 Å². The van der Waals surface area contributed by atoms with Gasteiger partial charge < -0.3 is 10.6 Å². The summed E-state index contributed by atoms with van der Waals surface area (Å²) in [4.78, 5) is 13.6. The SMILES string of the molecule is CN(Cc1cccc(CN)c1)C(=O)c1ccc(F)c(F)c1. The molecular weight excluding hydrogens is 274 g/mol. The van der Waals surface area contributed by atoms with E-state index in [-0.39, 0.29) is 11.5 Å². The standard InChI is InChI=1S/C16H16F2N2O/c1-20(10-12-4-2-3-11(7-12)9-19)16(21)13-5-6-14(17)15(18)8-13/h2-8H,9-10,19H2,1H3. The number of nitrogens with zero attached hydrogens (tertiary/aromatic N) is 1. The van der Waals surface area contributed by atoms with Gasteiger partial charge in [-0.15, -0.1) is 0 Å². The summed E-state index contributed by atoms with van der Waals surface area (Å²) in [5.41, 5.74) is 7.59. The molecule has 0 fully saturated rings. The number of benzene rings is 2. The maximum Gasteiger partial charge on any atom is 0.254 e. The molecule has 0 aliphatic heterocycles. The minimum atomic E-state index is -1.03. The van der Waals surface area contributed by atoms with Gasteiger partial charge in [0.15, 0.2) is 11.6 Å². The third-order valence-corrected chi connectivity index (χ3v) is 3.16. The van der Waals surface area contributed by atoms with E-state index in [4.69, 9.17) is 5.73 Å². The van der Waals surface area contributed by atoms with Gasteiger partial charge in [0.2, 0.25) is 0 Å². The maximum absolute atomic E-state index is 13.2. The van der Waals surface area contributed by atoms with Gasteiger partial charge in [0.25, 0.3) is 5.91 Å². The average molecular weight is 290 g/mol. The van der Waals surface area contributed by atoms with Crippen molar-refractivity contribution in [3.8, 4) is 0 Å². The van der Waals surface area contributed by atoms with Crippen LogP contribution in [0.25, 0.3) is 0 Å². The molecule has 1 amide bonds. The van der Waals surface area contributed by atoms with Gasteiger partial charge in [-0.1, -0.05) is 24.3 Å². The first-order valence-corrected chi connectivity index (χ1v) is 6.49. The largest absolute Gasteiger partial charge is 0.337 e. The van der Waals surface area contributed by atoms with E-state index in [1.54, 1.807) is 7.05 Å². The summed E-state index contributed by atoms with van der Waals surface area (Å²) in [7, 11) is 1.61. The van der Waals surface area contributed by atoms with Crippen LogP contribution in [-0.2, 0) is 13.1 Å². The predicted octanol–water partition coefficient (Wildman–Crippen LogP) is 2.70. The molecule has 0 heterocycles. The molecule has 2 aromatic rings. The van der Waals surface area contributed by atoms with Gasteiger partial charge in [-0.05, 0) is 29.3 Å². The Kier molecular flexibility index (Phi) is 4.65. The van der Waals surface area contributed by atoms with Crippen LogP contribution in [0.15, 0.2) is 42.5 Å². The normalized spacial score (nSPS) is 10.5. The fourth-order valence-corrected chi connectivity index (χ4v) is 2.05. The highest BCUT2D eigenvalue weighted by Crippen LogP contribution is 2.13. The van der Waals surface area contributed by atoms with Crippen molar-refractivity contribution in [3.05, 3.63) is 70.8 Å². The zero-order valence-corrected chi connectivity index (χ0v) is 11.6. The summed E-state index contributed by atoms with van der Waals surface area (Å²) in [5, 5.41) is 0. The minimum absolute atomic E-state index is 0.117. The molecule has 3 nitrogen and oxygen atoms in total. The van der Waals surface area contributed by atoms with Crippen LogP contribution in [0.3, 0.4) is 0 Å². The quantitative estimate of drug-likeness (QED) is 0.941. The van der Waals surface area contributed by atoms with Crippen molar-refractivity contribution in [1.29, 1.82) is 0 Å². The fraction of sp³-hybridized carbons (Fsp3) is 0.188. The molecule has 2 aromatic carbocycles. The predicted molar refractivity (Wildman–Crippen MR) is 76.5 cm³/mol. The summed E-state index contributed by atoms with van der Waals surface area (Å²) in [5.74, 6) is -2.36. The number of hydrogen-bond acceptors (Lipinski definition) is 2. The first-order valence-electron chi connectivity index (χ1n) is 6.49. The maximum atomic E-state index is 13.2. The second-order valence-corrected chi connectivity index (χ2v) is 4.81. The molecule has 0 aromatic heterocycles. The summed E-state index contributed by atoms with van der Waals surface area (Å²) in [6.45, 7) is 0.792. The summed E-state index contributed by atoms with van der Waals surface area (Å²) in [6.07, 6.45) is 0. The van der Waals surface area contributed by atoms with Crippen molar-refractivity contribution < 1.29 is 13.6 Å². The lowest BCUT2D eigenvalue weighted by molar-refractivity contribution is 0.0784. The third-order valence-electron chi connectivity index (χ3n) is 3.16. The first kappa shape index (κ1) is 15.1.